The second-order valence-electron chi connectivity index (χ2n) is 5.57. The molecule has 2 heterocycles. The predicted molar refractivity (Wildman–Crippen MR) is 93.5 cm³/mol. The minimum atomic E-state index is -0.950. The second kappa shape index (κ2) is 6.05. The molecule has 1 atom stereocenters. The van der Waals surface area contributed by atoms with Gasteiger partial charge in [-0.25, -0.2) is 4.68 Å². The fourth-order valence-corrected chi connectivity index (χ4v) is 4.05. The summed E-state index contributed by atoms with van der Waals surface area (Å²) in [4.78, 5) is 12.5. The van der Waals surface area contributed by atoms with E-state index in [1.54, 1.807) is 16.8 Å². The van der Waals surface area contributed by atoms with Crippen LogP contribution < -0.4 is 5.32 Å². The number of hydrogen-bond donors (Lipinski definition) is 1. The van der Waals surface area contributed by atoms with Crippen LogP contribution in [0.1, 0.15) is 21.6 Å². The summed E-state index contributed by atoms with van der Waals surface area (Å²) < 4.78 is 13.6. The zero-order valence-corrected chi connectivity index (χ0v) is 13.6. The number of nitrogens with zero attached hydrogens (tertiary/aromatic N) is 2. The maximum Gasteiger partial charge on any atom is 0.256 e. The van der Waals surface area contributed by atoms with Gasteiger partial charge in [0.2, 0.25) is 0 Å². The van der Waals surface area contributed by atoms with E-state index in [2.05, 4.69) is 10.4 Å². The quantitative estimate of drug-likeness (QED) is 0.799. The number of fused-ring (bicyclic) bond motifs is 1. The molecule has 6 heteroatoms. The number of benzene rings is 2. The van der Waals surface area contributed by atoms with E-state index in [1.165, 1.54) is 0 Å². The molecule has 0 spiro atoms. The molecule has 0 bridgehead atoms. The van der Waals surface area contributed by atoms with Gasteiger partial charge in [-0.2, -0.15) is 5.10 Å². The molecule has 1 aromatic heterocycles. The van der Waals surface area contributed by atoms with Crippen molar-refractivity contribution in [1.82, 2.24) is 9.78 Å². The van der Waals surface area contributed by atoms with Gasteiger partial charge in [0.05, 0.1) is 22.9 Å². The molecule has 1 aliphatic rings. The molecule has 0 saturated carbocycles. The van der Waals surface area contributed by atoms with Crippen LogP contribution in [0.15, 0.2) is 60.7 Å². The van der Waals surface area contributed by atoms with Crippen LogP contribution in [-0.2, 0) is 22.3 Å². The van der Waals surface area contributed by atoms with Crippen molar-refractivity contribution >= 4 is 22.5 Å². The van der Waals surface area contributed by atoms with Gasteiger partial charge in [-0.1, -0.05) is 36.4 Å². The lowest BCUT2D eigenvalue weighted by atomic mass is 10.2. The van der Waals surface area contributed by atoms with Crippen LogP contribution in [0.3, 0.4) is 0 Å². The minimum Gasteiger partial charge on any atom is -0.306 e. The number of amides is 1. The van der Waals surface area contributed by atoms with Crippen LogP contribution in [0.4, 0.5) is 5.82 Å². The van der Waals surface area contributed by atoms with Crippen molar-refractivity contribution in [2.24, 2.45) is 0 Å². The van der Waals surface area contributed by atoms with E-state index < -0.39 is 10.8 Å². The molecule has 1 N–H and O–H groups in total. The maximum atomic E-state index is 12.5. The summed E-state index contributed by atoms with van der Waals surface area (Å²) in [6.07, 6.45) is 0. The fraction of sp³-hybridized carbons (Fsp3) is 0.111. The van der Waals surface area contributed by atoms with Crippen molar-refractivity contribution < 1.29 is 9.00 Å². The number of carbonyl (C=O) groups is 1. The number of rotatable bonds is 3. The molecule has 0 aliphatic carbocycles. The lowest BCUT2D eigenvalue weighted by Crippen LogP contribution is -2.16. The molecule has 0 unspecified atom stereocenters. The average molecular weight is 337 g/mol. The summed E-state index contributed by atoms with van der Waals surface area (Å²) in [5.41, 5.74) is 3.09. The Hall–Kier alpha value is -2.73. The summed E-state index contributed by atoms with van der Waals surface area (Å²) in [5.74, 6) is 1.26. The largest absolute Gasteiger partial charge is 0.306 e. The van der Waals surface area contributed by atoms with E-state index in [0.29, 0.717) is 22.9 Å². The van der Waals surface area contributed by atoms with E-state index in [0.717, 1.165) is 16.9 Å². The highest BCUT2D eigenvalue weighted by molar-refractivity contribution is 7.83. The van der Waals surface area contributed by atoms with Crippen LogP contribution in [0.25, 0.3) is 5.69 Å². The van der Waals surface area contributed by atoms with Crippen LogP contribution in [-0.4, -0.2) is 19.9 Å². The van der Waals surface area contributed by atoms with E-state index in [4.69, 9.17) is 0 Å². The molecule has 5 nitrogen and oxygen atoms in total. The Morgan fingerprint density at radius 2 is 1.67 bits per heavy atom. The fourth-order valence-electron chi connectivity index (χ4n) is 2.78. The molecule has 0 saturated heterocycles. The van der Waals surface area contributed by atoms with Crippen molar-refractivity contribution in [2.75, 3.05) is 5.32 Å². The number of aromatic nitrogens is 2. The topological polar surface area (TPSA) is 64.0 Å². The first-order valence-corrected chi connectivity index (χ1v) is 9.09. The van der Waals surface area contributed by atoms with Crippen molar-refractivity contribution in [3.05, 3.63) is 77.5 Å². The molecule has 0 radical (unpaired) electrons. The van der Waals surface area contributed by atoms with Gasteiger partial charge in [0, 0.05) is 21.9 Å². The van der Waals surface area contributed by atoms with Crippen LogP contribution in [0, 0.1) is 0 Å². The standard InChI is InChI=1S/C18H15N3O2S/c22-18(13-7-3-1-4-8-13)19-17-15-11-24(23)12-16(15)20-21(17)14-9-5-2-6-10-14/h1-10H,11-12H2,(H,19,22)/t24-/m0/s1. The molecule has 3 aromatic rings. The van der Waals surface area contributed by atoms with E-state index in [1.807, 2.05) is 48.5 Å². The highest BCUT2D eigenvalue weighted by Gasteiger charge is 2.28. The third kappa shape index (κ3) is 2.65. The monoisotopic (exact) mass is 337 g/mol. The van der Waals surface area contributed by atoms with Gasteiger partial charge >= 0.3 is 0 Å². The Labute approximate surface area is 141 Å². The van der Waals surface area contributed by atoms with Crippen molar-refractivity contribution in [2.45, 2.75) is 11.5 Å². The van der Waals surface area contributed by atoms with Crippen LogP contribution in [0.2, 0.25) is 0 Å². The Morgan fingerprint density at radius 1 is 1.00 bits per heavy atom. The van der Waals surface area contributed by atoms with Gasteiger partial charge in [-0.05, 0) is 24.3 Å². The molecule has 24 heavy (non-hydrogen) atoms. The lowest BCUT2D eigenvalue weighted by molar-refractivity contribution is 0.102. The van der Waals surface area contributed by atoms with E-state index >= 15 is 0 Å². The van der Waals surface area contributed by atoms with Crippen molar-refractivity contribution in [3.63, 3.8) is 0 Å². The summed E-state index contributed by atoms with van der Waals surface area (Å²) in [6.45, 7) is 0. The Morgan fingerprint density at radius 3 is 2.38 bits per heavy atom. The third-order valence-electron chi connectivity index (χ3n) is 3.94. The maximum absolute atomic E-state index is 12.5. The molecule has 1 amide bonds. The first-order valence-electron chi connectivity index (χ1n) is 7.60. The highest BCUT2D eigenvalue weighted by atomic mass is 32.2. The number of anilines is 1. The number of para-hydroxylation sites is 1. The predicted octanol–water partition coefficient (Wildman–Crippen LogP) is 2.89. The summed E-state index contributed by atoms with van der Waals surface area (Å²) in [7, 11) is -0.950. The first-order chi connectivity index (χ1) is 11.7. The Bertz CT molecular complexity index is 920. The average Bonchev–Trinajstić information content (AvgIpc) is 3.13. The van der Waals surface area contributed by atoms with E-state index in [-0.39, 0.29) is 5.91 Å². The highest BCUT2D eigenvalue weighted by Crippen LogP contribution is 2.31. The van der Waals surface area contributed by atoms with Crippen molar-refractivity contribution in [3.8, 4) is 5.69 Å². The zero-order valence-electron chi connectivity index (χ0n) is 12.8. The first kappa shape index (κ1) is 14.8. The van der Waals surface area contributed by atoms with Crippen LogP contribution >= 0.6 is 0 Å². The summed E-state index contributed by atoms with van der Waals surface area (Å²) >= 11 is 0. The molecule has 4 rings (SSSR count). The number of carbonyl (C=O) groups excluding carboxylic acids is 1. The molecule has 2 aromatic carbocycles. The summed E-state index contributed by atoms with van der Waals surface area (Å²) in [5, 5.41) is 7.52. The lowest BCUT2D eigenvalue weighted by Gasteiger charge is -2.11. The molecule has 0 fully saturated rings. The molecule has 1 aliphatic heterocycles. The van der Waals surface area contributed by atoms with Gasteiger partial charge in [0.1, 0.15) is 5.82 Å². The SMILES string of the molecule is O=C(Nc1c2c(nn1-c1ccccc1)C[S@@](=O)C2)c1ccccc1. The molecule has 120 valence electrons. The number of hydrogen-bond acceptors (Lipinski definition) is 3. The Balaban J connectivity index is 1.76. The third-order valence-corrected chi connectivity index (χ3v) is 5.14. The van der Waals surface area contributed by atoms with Gasteiger partial charge in [-0.3, -0.25) is 9.00 Å². The van der Waals surface area contributed by atoms with Gasteiger partial charge < -0.3 is 5.32 Å². The van der Waals surface area contributed by atoms with Crippen molar-refractivity contribution in [1.29, 1.82) is 0 Å². The van der Waals surface area contributed by atoms with E-state index in [9.17, 15) is 9.00 Å². The molecular formula is C18H15N3O2S. The second-order valence-corrected chi connectivity index (χ2v) is 7.03. The smallest absolute Gasteiger partial charge is 0.256 e. The van der Waals surface area contributed by atoms with Crippen LogP contribution in [0.5, 0.6) is 0 Å². The Kier molecular flexibility index (Phi) is 3.74. The van der Waals surface area contributed by atoms with Gasteiger partial charge in [0.25, 0.3) is 5.91 Å². The van der Waals surface area contributed by atoms with Gasteiger partial charge in [0.15, 0.2) is 0 Å². The normalized spacial score (nSPS) is 15.9. The minimum absolute atomic E-state index is 0.201. The molecular weight excluding hydrogens is 322 g/mol. The number of nitrogens with one attached hydrogen (secondary N) is 1. The zero-order chi connectivity index (χ0) is 16.5. The van der Waals surface area contributed by atoms with Gasteiger partial charge in [-0.15, -0.1) is 0 Å². The summed E-state index contributed by atoms with van der Waals surface area (Å²) in [6, 6.07) is 18.7.